The second-order valence-electron chi connectivity index (χ2n) is 5.01. The van der Waals surface area contributed by atoms with Crippen molar-refractivity contribution in [1.82, 2.24) is 29.9 Å². The van der Waals surface area contributed by atoms with E-state index < -0.39 is 6.09 Å². The quantitative estimate of drug-likeness (QED) is 0.718. The van der Waals surface area contributed by atoms with Crippen molar-refractivity contribution in [2.45, 2.75) is 6.04 Å². The lowest BCUT2D eigenvalue weighted by atomic mass is 10.1. The second kappa shape index (κ2) is 4.67. The number of nitrogens with one attached hydrogen (secondary N) is 1. The van der Waals surface area contributed by atoms with Crippen LogP contribution < -0.4 is 10.2 Å². The molecule has 0 radical (unpaired) electrons. The number of aromatic nitrogens is 5. The average Bonchev–Trinajstić information content (AvgIpc) is 2.91. The van der Waals surface area contributed by atoms with E-state index in [2.05, 4.69) is 25.5 Å². The average molecular weight is 320 g/mol. The standard InChI is InChI=1S/C12H10ClN7O2/c13-6-1-8-9(14-2-6)17-10(11-18-15-5-20(8)11)19-3-7(4-19)16-12(21)22/h1-2,5,7,16H,3-4H2,(H,21,22). The van der Waals surface area contributed by atoms with Crippen molar-refractivity contribution < 1.29 is 9.90 Å². The number of carboxylic acid groups (broad SMARTS) is 1. The second-order valence-corrected chi connectivity index (χ2v) is 5.44. The van der Waals surface area contributed by atoms with E-state index in [1.165, 1.54) is 6.20 Å². The molecule has 0 saturated carbocycles. The molecule has 0 unspecified atom stereocenters. The van der Waals surface area contributed by atoms with E-state index in [9.17, 15) is 4.79 Å². The molecule has 4 rings (SSSR count). The smallest absolute Gasteiger partial charge is 0.405 e. The Bertz CT molecular complexity index is 890. The van der Waals surface area contributed by atoms with Crippen molar-refractivity contribution in [1.29, 1.82) is 0 Å². The summed E-state index contributed by atoms with van der Waals surface area (Å²) in [5.41, 5.74) is 1.84. The zero-order valence-electron chi connectivity index (χ0n) is 11.1. The van der Waals surface area contributed by atoms with Crippen molar-refractivity contribution in [3.05, 3.63) is 23.6 Å². The Morgan fingerprint density at radius 2 is 2.27 bits per heavy atom. The molecule has 1 aliphatic heterocycles. The highest BCUT2D eigenvalue weighted by molar-refractivity contribution is 6.31. The molecule has 0 aliphatic carbocycles. The summed E-state index contributed by atoms with van der Waals surface area (Å²) < 4.78 is 1.77. The van der Waals surface area contributed by atoms with Crippen LogP contribution in [0.1, 0.15) is 0 Å². The highest BCUT2D eigenvalue weighted by Crippen LogP contribution is 2.26. The van der Waals surface area contributed by atoms with Crippen molar-refractivity contribution in [3.63, 3.8) is 0 Å². The van der Waals surface area contributed by atoms with Crippen LogP contribution in [0.5, 0.6) is 0 Å². The molecule has 3 aromatic rings. The summed E-state index contributed by atoms with van der Waals surface area (Å²) in [4.78, 5) is 21.3. The van der Waals surface area contributed by atoms with Gasteiger partial charge in [-0.1, -0.05) is 11.6 Å². The molecule has 0 aromatic carbocycles. The summed E-state index contributed by atoms with van der Waals surface area (Å²) in [6.07, 6.45) is 2.08. The van der Waals surface area contributed by atoms with Crippen molar-refractivity contribution in [2.24, 2.45) is 0 Å². The third-order valence-corrected chi connectivity index (χ3v) is 3.75. The highest BCUT2D eigenvalue weighted by atomic mass is 35.5. The minimum Gasteiger partial charge on any atom is -0.465 e. The van der Waals surface area contributed by atoms with E-state index in [1.54, 1.807) is 16.8 Å². The molecule has 1 saturated heterocycles. The Balaban J connectivity index is 1.76. The largest absolute Gasteiger partial charge is 0.465 e. The molecule has 1 aliphatic rings. The first-order valence-corrected chi connectivity index (χ1v) is 6.89. The zero-order valence-corrected chi connectivity index (χ0v) is 11.9. The molecule has 1 fully saturated rings. The number of hydrogen-bond donors (Lipinski definition) is 2. The molecule has 1 amide bonds. The lowest BCUT2D eigenvalue weighted by molar-refractivity contribution is 0.187. The number of halogens is 1. The third kappa shape index (κ3) is 1.98. The minimum atomic E-state index is -1.03. The third-order valence-electron chi connectivity index (χ3n) is 3.54. The van der Waals surface area contributed by atoms with Crippen molar-refractivity contribution in [2.75, 3.05) is 18.0 Å². The Labute approximate surface area is 128 Å². The van der Waals surface area contributed by atoms with Crippen molar-refractivity contribution in [3.8, 4) is 0 Å². The predicted octanol–water partition coefficient (Wildman–Crippen LogP) is 0.782. The maximum Gasteiger partial charge on any atom is 0.405 e. The summed E-state index contributed by atoms with van der Waals surface area (Å²) in [7, 11) is 0. The monoisotopic (exact) mass is 319 g/mol. The molecule has 22 heavy (non-hydrogen) atoms. The molecule has 0 atom stereocenters. The van der Waals surface area contributed by atoms with Crippen LogP contribution in [0.4, 0.5) is 10.6 Å². The molecule has 112 valence electrons. The van der Waals surface area contributed by atoms with Gasteiger partial charge in [0.05, 0.1) is 16.6 Å². The molecular formula is C12H10ClN7O2. The van der Waals surface area contributed by atoms with Gasteiger partial charge in [-0.15, -0.1) is 10.2 Å². The molecule has 2 N–H and O–H groups in total. The van der Waals surface area contributed by atoms with Gasteiger partial charge in [-0.2, -0.15) is 0 Å². The molecule has 0 bridgehead atoms. The van der Waals surface area contributed by atoms with Crippen LogP contribution in [-0.4, -0.2) is 54.9 Å². The van der Waals surface area contributed by atoms with Crippen LogP contribution in [0.15, 0.2) is 18.6 Å². The number of fused-ring (bicyclic) bond motifs is 3. The number of hydrogen-bond acceptors (Lipinski definition) is 6. The number of pyridine rings is 1. The summed E-state index contributed by atoms with van der Waals surface area (Å²) in [6.45, 7) is 1.06. The van der Waals surface area contributed by atoms with E-state index in [1.807, 2.05) is 4.90 Å². The number of amides is 1. The maximum atomic E-state index is 10.6. The van der Waals surface area contributed by atoms with Gasteiger partial charge < -0.3 is 15.3 Å². The SMILES string of the molecule is O=C(O)NC1CN(c2nc3ncc(Cl)cc3n3cnnc23)C1. The van der Waals surface area contributed by atoms with E-state index in [0.29, 0.717) is 35.2 Å². The van der Waals surface area contributed by atoms with E-state index >= 15 is 0 Å². The highest BCUT2D eigenvalue weighted by Gasteiger charge is 2.31. The first-order valence-electron chi connectivity index (χ1n) is 6.51. The van der Waals surface area contributed by atoms with E-state index in [4.69, 9.17) is 16.7 Å². The van der Waals surface area contributed by atoms with Gasteiger partial charge in [-0.3, -0.25) is 4.40 Å². The Hall–Kier alpha value is -2.68. The fraction of sp³-hybridized carbons (Fsp3) is 0.250. The maximum absolute atomic E-state index is 10.6. The Kier molecular flexibility index (Phi) is 2.76. The van der Waals surface area contributed by atoms with Gasteiger partial charge >= 0.3 is 6.09 Å². The number of nitrogens with zero attached hydrogens (tertiary/aromatic N) is 6. The zero-order chi connectivity index (χ0) is 15.3. The topological polar surface area (TPSA) is 109 Å². The lowest BCUT2D eigenvalue weighted by Crippen LogP contribution is -2.59. The number of anilines is 1. The van der Waals surface area contributed by atoms with E-state index in [-0.39, 0.29) is 6.04 Å². The van der Waals surface area contributed by atoms with Gasteiger partial charge in [-0.25, -0.2) is 14.8 Å². The number of rotatable bonds is 2. The van der Waals surface area contributed by atoms with Gasteiger partial charge in [0.15, 0.2) is 11.5 Å². The summed E-state index contributed by atoms with van der Waals surface area (Å²) >= 11 is 5.98. The molecule has 10 heteroatoms. The van der Waals surface area contributed by atoms with Gasteiger partial charge in [0.25, 0.3) is 0 Å². The Morgan fingerprint density at radius 1 is 1.45 bits per heavy atom. The van der Waals surface area contributed by atoms with Crippen LogP contribution in [0.25, 0.3) is 16.8 Å². The first kappa shape index (κ1) is 13.0. The van der Waals surface area contributed by atoms with Crippen molar-refractivity contribution >= 4 is 40.3 Å². The normalized spacial score (nSPS) is 15.2. The van der Waals surface area contributed by atoms with Gasteiger partial charge in [0, 0.05) is 19.3 Å². The van der Waals surface area contributed by atoms with Gasteiger partial charge in [0.1, 0.15) is 6.33 Å². The van der Waals surface area contributed by atoms with Gasteiger partial charge in [0.2, 0.25) is 5.65 Å². The first-order chi connectivity index (χ1) is 10.6. The van der Waals surface area contributed by atoms with E-state index in [0.717, 1.165) is 5.52 Å². The molecule has 4 heterocycles. The van der Waals surface area contributed by atoms with Crippen LogP contribution in [0.2, 0.25) is 5.02 Å². The fourth-order valence-corrected chi connectivity index (χ4v) is 2.68. The summed E-state index contributed by atoms with van der Waals surface area (Å²) in [6, 6.07) is 1.64. The Morgan fingerprint density at radius 3 is 3.05 bits per heavy atom. The van der Waals surface area contributed by atoms with Crippen LogP contribution in [-0.2, 0) is 0 Å². The molecule has 9 nitrogen and oxygen atoms in total. The lowest BCUT2D eigenvalue weighted by Gasteiger charge is -2.39. The minimum absolute atomic E-state index is 0.115. The molecule has 3 aromatic heterocycles. The van der Waals surface area contributed by atoms with Crippen LogP contribution >= 0.6 is 11.6 Å². The summed E-state index contributed by atoms with van der Waals surface area (Å²) in [5.74, 6) is 0.628. The van der Waals surface area contributed by atoms with Gasteiger partial charge in [-0.05, 0) is 6.07 Å². The predicted molar refractivity (Wildman–Crippen MR) is 78.3 cm³/mol. The van der Waals surface area contributed by atoms with Crippen LogP contribution in [0.3, 0.4) is 0 Å². The molecular weight excluding hydrogens is 310 g/mol. The van der Waals surface area contributed by atoms with Crippen LogP contribution in [0, 0.1) is 0 Å². The number of carbonyl (C=O) groups is 1. The molecule has 0 spiro atoms. The summed E-state index contributed by atoms with van der Waals surface area (Å²) in [5, 5.41) is 19.7. The fourth-order valence-electron chi connectivity index (χ4n) is 2.53.